The van der Waals surface area contributed by atoms with Crippen LogP contribution >= 0.6 is 11.8 Å². The first-order chi connectivity index (χ1) is 15.8. The highest BCUT2D eigenvalue weighted by molar-refractivity contribution is 7.99. The largest absolute Gasteiger partial charge is 0.319 e. The third-order valence-corrected chi connectivity index (χ3v) is 7.52. The van der Waals surface area contributed by atoms with Crippen molar-refractivity contribution in [2.45, 2.75) is 49.2 Å². The van der Waals surface area contributed by atoms with Crippen molar-refractivity contribution in [2.24, 2.45) is 5.14 Å². The van der Waals surface area contributed by atoms with Crippen LogP contribution in [0, 0.1) is 0 Å². The second-order valence-corrected chi connectivity index (χ2v) is 10.5. The highest BCUT2D eigenvalue weighted by atomic mass is 32.2. The van der Waals surface area contributed by atoms with E-state index in [-0.39, 0.29) is 22.3 Å². The van der Waals surface area contributed by atoms with Crippen LogP contribution in [0.3, 0.4) is 0 Å². The highest BCUT2D eigenvalue weighted by Gasteiger charge is 2.22. The summed E-state index contributed by atoms with van der Waals surface area (Å²) in [6, 6.07) is 11.8. The van der Waals surface area contributed by atoms with E-state index in [2.05, 4.69) is 11.9 Å². The molecule has 0 saturated carbocycles. The Labute approximate surface area is 197 Å². The molecule has 1 amide bonds. The normalized spacial score (nSPS) is 14.4. The van der Waals surface area contributed by atoms with E-state index >= 15 is 0 Å². The van der Waals surface area contributed by atoms with Crippen molar-refractivity contribution >= 4 is 50.2 Å². The molecular formula is C23H26N4O4S2. The number of primary sulfonamides is 1. The van der Waals surface area contributed by atoms with Crippen molar-refractivity contribution in [3.8, 4) is 0 Å². The van der Waals surface area contributed by atoms with Gasteiger partial charge in [-0.3, -0.25) is 9.59 Å². The lowest BCUT2D eigenvalue weighted by Crippen LogP contribution is -2.23. The number of anilines is 1. The molecule has 4 rings (SSSR count). The van der Waals surface area contributed by atoms with Gasteiger partial charge >= 0.3 is 0 Å². The van der Waals surface area contributed by atoms with Crippen LogP contribution < -0.4 is 10.0 Å². The summed E-state index contributed by atoms with van der Waals surface area (Å²) in [6.07, 6.45) is 3.28. The Hall–Kier alpha value is -2.69. The Morgan fingerprint density at radius 3 is 2.73 bits per heavy atom. The van der Waals surface area contributed by atoms with Gasteiger partial charge < -0.3 is 9.47 Å². The summed E-state index contributed by atoms with van der Waals surface area (Å²) in [6.45, 7) is 3.48. The van der Waals surface area contributed by atoms with Gasteiger partial charge in [-0.15, -0.1) is 0 Å². The Bertz CT molecular complexity index is 1320. The van der Waals surface area contributed by atoms with Crippen molar-refractivity contribution in [3.63, 3.8) is 0 Å². The number of carbonyl (C=O) groups excluding carboxylic acids is 2. The molecule has 2 heterocycles. The molecule has 1 fully saturated rings. The van der Waals surface area contributed by atoms with E-state index in [0.717, 1.165) is 30.5 Å². The summed E-state index contributed by atoms with van der Waals surface area (Å²) in [5.74, 6) is 0.194. The van der Waals surface area contributed by atoms with E-state index in [1.165, 1.54) is 23.9 Å². The highest BCUT2D eigenvalue weighted by Crippen LogP contribution is 2.28. The zero-order valence-corrected chi connectivity index (χ0v) is 20.0. The molecule has 0 spiro atoms. The van der Waals surface area contributed by atoms with E-state index in [4.69, 9.17) is 5.14 Å². The summed E-state index contributed by atoms with van der Waals surface area (Å²) in [5, 5.41) is 5.92. The van der Waals surface area contributed by atoms with Crippen molar-refractivity contribution in [1.82, 2.24) is 9.55 Å². The first kappa shape index (κ1) is 23.5. The van der Waals surface area contributed by atoms with Crippen LogP contribution in [0.25, 0.3) is 11.0 Å². The number of amides is 1. The van der Waals surface area contributed by atoms with Crippen LogP contribution in [0.4, 0.5) is 5.69 Å². The minimum atomic E-state index is -3.83. The van der Waals surface area contributed by atoms with E-state index in [1.54, 1.807) is 29.2 Å². The number of imidazole rings is 1. The molecule has 0 aliphatic carbocycles. The van der Waals surface area contributed by atoms with Crippen molar-refractivity contribution in [2.75, 3.05) is 17.2 Å². The van der Waals surface area contributed by atoms with E-state index in [9.17, 15) is 18.0 Å². The molecule has 0 unspecified atom stereocenters. The summed E-state index contributed by atoms with van der Waals surface area (Å²) in [7, 11) is -3.83. The lowest BCUT2D eigenvalue weighted by Gasteiger charge is -2.16. The Morgan fingerprint density at radius 1 is 1.21 bits per heavy atom. The van der Waals surface area contributed by atoms with Crippen LogP contribution in [-0.2, 0) is 21.4 Å². The van der Waals surface area contributed by atoms with Crippen LogP contribution in [0.2, 0.25) is 0 Å². The van der Waals surface area contributed by atoms with Crippen molar-refractivity contribution in [3.05, 3.63) is 48.0 Å². The van der Waals surface area contributed by atoms with Crippen LogP contribution in [0.1, 0.15) is 43.0 Å². The number of thioether (sulfide) groups is 1. The molecule has 1 saturated heterocycles. The van der Waals surface area contributed by atoms with E-state index < -0.39 is 10.0 Å². The average molecular weight is 487 g/mol. The topological polar surface area (TPSA) is 115 Å². The maximum absolute atomic E-state index is 12.9. The number of aryl methyl sites for hydroxylation is 1. The number of hydrogen-bond acceptors (Lipinski definition) is 6. The van der Waals surface area contributed by atoms with Crippen LogP contribution in [0.15, 0.2) is 52.5 Å². The first-order valence-corrected chi connectivity index (χ1v) is 13.4. The molecule has 1 aliphatic rings. The molecule has 1 aromatic heterocycles. The smallest absolute Gasteiger partial charge is 0.238 e. The number of sulfonamides is 1. The summed E-state index contributed by atoms with van der Waals surface area (Å²) < 4.78 is 25.5. The van der Waals surface area contributed by atoms with Gasteiger partial charge in [0.05, 0.1) is 21.7 Å². The third-order valence-electron chi connectivity index (χ3n) is 5.63. The molecule has 2 aromatic carbocycles. The lowest BCUT2D eigenvalue weighted by atomic mass is 10.1. The minimum Gasteiger partial charge on any atom is -0.319 e. The molecule has 0 atom stereocenters. The van der Waals surface area contributed by atoms with Gasteiger partial charge in [-0.1, -0.05) is 37.2 Å². The minimum absolute atomic E-state index is 0.0102. The summed E-state index contributed by atoms with van der Waals surface area (Å²) >= 11 is 1.32. The second-order valence-electron chi connectivity index (χ2n) is 8.01. The number of carbonyl (C=O) groups is 2. The number of Topliss-reactive ketones (excluding diaryl/α,β-unsaturated/α-hetero) is 1. The number of benzene rings is 2. The first-order valence-electron chi connectivity index (χ1n) is 10.9. The standard InChI is InChI=1S/C23H26N4O4S2/c1-2-3-11-27-20-10-9-18(33(24,30)31)14-19(20)25-23(27)32-15-21(28)16-6-4-7-17(13-16)26-12-5-8-22(26)29/h4,6-7,9-10,13-14H,2-3,5,8,11-12,15H2,1H3,(H2,24,30,31). The van der Waals surface area contributed by atoms with Gasteiger partial charge in [0.1, 0.15) is 0 Å². The number of nitrogens with two attached hydrogens (primary N) is 1. The maximum Gasteiger partial charge on any atom is 0.238 e. The third kappa shape index (κ3) is 5.13. The van der Waals surface area contributed by atoms with Gasteiger partial charge in [0.25, 0.3) is 0 Å². The number of unbranched alkanes of at least 4 members (excludes halogenated alkanes) is 1. The Kier molecular flexibility index (Phi) is 6.87. The Balaban J connectivity index is 1.57. The zero-order chi connectivity index (χ0) is 23.6. The molecule has 3 aromatic rings. The molecule has 33 heavy (non-hydrogen) atoms. The molecule has 10 heteroatoms. The van der Waals surface area contributed by atoms with E-state index in [0.29, 0.717) is 35.7 Å². The van der Waals surface area contributed by atoms with Gasteiger partial charge in [-0.25, -0.2) is 18.5 Å². The predicted octanol–water partition coefficient (Wildman–Crippen LogP) is 3.59. The van der Waals surface area contributed by atoms with Crippen molar-refractivity contribution < 1.29 is 18.0 Å². The zero-order valence-electron chi connectivity index (χ0n) is 18.4. The number of aromatic nitrogens is 2. The fourth-order valence-corrected chi connectivity index (χ4v) is 5.36. The van der Waals surface area contributed by atoms with Crippen molar-refractivity contribution in [1.29, 1.82) is 0 Å². The second kappa shape index (κ2) is 9.66. The SMILES string of the molecule is CCCCn1c(SCC(=O)c2cccc(N3CCCC3=O)c2)nc2cc(S(N)(=O)=O)ccc21. The number of fused-ring (bicyclic) bond motifs is 1. The summed E-state index contributed by atoms with van der Waals surface area (Å²) in [4.78, 5) is 31.3. The molecule has 1 aliphatic heterocycles. The summed E-state index contributed by atoms with van der Waals surface area (Å²) in [5.41, 5.74) is 2.63. The van der Waals surface area contributed by atoms with Gasteiger partial charge in [0.15, 0.2) is 10.9 Å². The van der Waals surface area contributed by atoms with E-state index in [1.807, 2.05) is 10.6 Å². The quantitative estimate of drug-likeness (QED) is 0.365. The predicted molar refractivity (Wildman–Crippen MR) is 129 cm³/mol. The van der Waals surface area contributed by atoms with Crippen LogP contribution in [0.5, 0.6) is 0 Å². The average Bonchev–Trinajstić information content (AvgIpc) is 3.38. The fourth-order valence-electron chi connectivity index (χ4n) is 3.89. The van der Waals surface area contributed by atoms with Gasteiger partial charge in [-0.05, 0) is 43.2 Å². The molecule has 0 bridgehead atoms. The van der Waals surface area contributed by atoms with Gasteiger partial charge in [0, 0.05) is 30.8 Å². The lowest BCUT2D eigenvalue weighted by molar-refractivity contribution is -0.117. The van der Waals surface area contributed by atoms with Gasteiger partial charge in [-0.2, -0.15) is 0 Å². The Morgan fingerprint density at radius 2 is 2.03 bits per heavy atom. The number of ketones is 1. The van der Waals surface area contributed by atoms with Gasteiger partial charge in [0.2, 0.25) is 15.9 Å². The maximum atomic E-state index is 12.9. The molecule has 2 N–H and O–H groups in total. The molecule has 0 radical (unpaired) electrons. The number of nitrogens with zero attached hydrogens (tertiary/aromatic N) is 3. The van der Waals surface area contributed by atoms with Crippen LogP contribution in [-0.4, -0.2) is 42.0 Å². The molecular weight excluding hydrogens is 460 g/mol. The monoisotopic (exact) mass is 486 g/mol. The molecule has 8 nitrogen and oxygen atoms in total. The fraction of sp³-hybridized carbons (Fsp3) is 0.348. The number of hydrogen-bond donors (Lipinski definition) is 1. The number of rotatable bonds is 9. The molecule has 174 valence electrons.